The molecule has 0 saturated carbocycles. The minimum Gasteiger partial charge on any atom is -0.495 e. The topological polar surface area (TPSA) is 77.6 Å². The number of aromatic nitrogens is 1. The maximum Gasteiger partial charge on any atom is 0.256 e. The molecule has 1 unspecified atom stereocenters. The van der Waals surface area contributed by atoms with E-state index in [0.717, 1.165) is 5.69 Å². The summed E-state index contributed by atoms with van der Waals surface area (Å²) in [6, 6.07) is 14.9. The second-order valence-corrected chi connectivity index (χ2v) is 7.36. The molecule has 1 aromatic heterocycles. The Morgan fingerprint density at radius 2 is 1.90 bits per heavy atom. The lowest BCUT2D eigenvalue weighted by Crippen LogP contribution is -2.08. The van der Waals surface area contributed by atoms with E-state index < -0.39 is 6.10 Å². The van der Waals surface area contributed by atoms with Gasteiger partial charge in [-0.1, -0.05) is 30.0 Å². The fraction of sp³-hybridized carbons (Fsp3) is 0.160. The van der Waals surface area contributed by atoms with E-state index in [1.165, 1.54) is 0 Å². The number of H-pyrrole nitrogens is 1. The normalized spacial score (nSPS) is 14.5. The molecule has 6 nitrogen and oxygen atoms in total. The van der Waals surface area contributed by atoms with E-state index in [1.807, 2.05) is 61.5 Å². The van der Waals surface area contributed by atoms with Crippen LogP contribution in [0.4, 0.5) is 11.4 Å². The maximum atomic E-state index is 12.6. The van der Waals surface area contributed by atoms with Crippen molar-refractivity contribution in [3.63, 3.8) is 0 Å². The number of anilines is 2. The minimum absolute atomic E-state index is 0.208. The van der Waals surface area contributed by atoms with E-state index in [9.17, 15) is 9.90 Å². The molecule has 2 aromatic carbocycles. The predicted octanol–water partition coefficient (Wildman–Crippen LogP) is 3.67. The number of aromatic amines is 1. The number of carbonyl (C=O) groups excluding carboxylic acids is 1. The van der Waals surface area contributed by atoms with Gasteiger partial charge in [0.2, 0.25) is 0 Å². The number of aliphatic hydroxyl groups is 1. The van der Waals surface area contributed by atoms with Gasteiger partial charge in [-0.3, -0.25) is 4.79 Å². The van der Waals surface area contributed by atoms with Crippen LogP contribution in [0.3, 0.4) is 0 Å². The van der Waals surface area contributed by atoms with E-state index in [2.05, 4.69) is 22.1 Å². The van der Waals surface area contributed by atoms with Crippen LogP contribution in [0.2, 0.25) is 0 Å². The van der Waals surface area contributed by atoms with E-state index in [4.69, 9.17) is 4.74 Å². The number of benzene rings is 2. The second-order valence-electron chi connectivity index (χ2n) is 7.36. The lowest BCUT2D eigenvalue weighted by Gasteiger charge is -2.13. The number of nitrogens with one attached hydrogen (secondary N) is 2. The van der Waals surface area contributed by atoms with Crippen molar-refractivity contribution < 1.29 is 14.6 Å². The Labute approximate surface area is 181 Å². The first-order valence-electron chi connectivity index (χ1n) is 9.82. The highest BCUT2D eigenvalue weighted by Crippen LogP contribution is 2.36. The summed E-state index contributed by atoms with van der Waals surface area (Å²) < 4.78 is 5.33. The van der Waals surface area contributed by atoms with Crippen LogP contribution in [0.15, 0.2) is 54.7 Å². The fourth-order valence-corrected chi connectivity index (χ4v) is 3.48. The van der Waals surface area contributed by atoms with Gasteiger partial charge in [0.25, 0.3) is 5.91 Å². The quantitative estimate of drug-likeness (QED) is 0.451. The van der Waals surface area contributed by atoms with Crippen molar-refractivity contribution in [2.75, 3.05) is 31.4 Å². The largest absolute Gasteiger partial charge is 0.495 e. The molecule has 3 N–H and O–H groups in total. The van der Waals surface area contributed by atoms with Gasteiger partial charge >= 0.3 is 0 Å². The third-order valence-corrected chi connectivity index (χ3v) is 5.14. The zero-order valence-corrected chi connectivity index (χ0v) is 17.6. The summed E-state index contributed by atoms with van der Waals surface area (Å²) in [6.07, 6.45) is 2.57. The van der Waals surface area contributed by atoms with Crippen molar-refractivity contribution in [2.45, 2.75) is 6.10 Å². The monoisotopic (exact) mass is 413 g/mol. The van der Waals surface area contributed by atoms with Crippen LogP contribution < -0.4 is 15.0 Å². The zero-order chi connectivity index (χ0) is 22.0. The van der Waals surface area contributed by atoms with E-state index in [0.29, 0.717) is 39.4 Å². The number of fused-ring (bicyclic) bond motifs is 1. The minimum atomic E-state index is -0.937. The summed E-state index contributed by atoms with van der Waals surface area (Å²) in [4.78, 5) is 17.7. The van der Waals surface area contributed by atoms with Gasteiger partial charge in [-0.2, -0.15) is 0 Å². The Hall–Kier alpha value is -3.95. The SMILES string of the molecule is COc1cc[nH]c1/C=C1\C(=O)Nc2cccc(C#CC(O)c3ccc(N(C)C)cc3)c21. The summed E-state index contributed by atoms with van der Waals surface area (Å²) in [5, 5.41) is 13.4. The highest BCUT2D eigenvalue weighted by atomic mass is 16.5. The molecule has 0 radical (unpaired) electrons. The molecule has 0 bridgehead atoms. The Kier molecular flexibility index (Phi) is 5.52. The molecule has 0 aliphatic carbocycles. The number of hydrogen-bond acceptors (Lipinski definition) is 4. The number of amides is 1. The van der Waals surface area contributed by atoms with E-state index in [1.54, 1.807) is 25.4 Å². The first-order chi connectivity index (χ1) is 15.0. The molecule has 1 aliphatic rings. The van der Waals surface area contributed by atoms with Crippen LogP contribution in [0.25, 0.3) is 11.6 Å². The third-order valence-electron chi connectivity index (χ3n) is 5.14. The van der Waals surface area contributed by atoms with Crippen LogP contribution in [0.1, 0.15) is 28.5 Å². The Morgan fingerprint density at radius 3 is 2.61 bits per heavy atom. The molecule has 6 heteroatoms. The van der Waals surface area contributed by atoms with Crippen LogP contribution in [-0.4, -0.2) is 37.2 Å². The molecule has 0 fully saturated rings. The number of hydrogen-bond donors (Lipinski definition) is 3. The van der Waals surface area contributed by atoms with E-state index in [-0.39, 0.29) is 5.91 Å². The van der Waals surface area contributed by atoms with Gasteiger partial charge in [-0.15, -0.1) is 0 Å². The molecule has 1 aliphatic heterocycles. The molecule has 1 atom stereocenters. The number of carbonyl (C=O) groups is 1. The summed E-state index contributed by atoms with van der Waals surface area (Å²) >= 11 is 0. The summed E-state index contributed by atoms with van der Waals surface area (Å²) in [5.74, 6) is 6.40. The average molecular weight is 413 g/mol. The van der Waals surface area contributed by atoms with Crippen molar-refractivity contribution in [1.29, 1.82) is 0 Å². The predicted molar refractivity (Wildman–Crippen MR) is 123 cm³/mol. The lowest BCUT2D eigenvalue weighted by atomic mass is 9.99. The third kappa shape index (κ3) is 4.04. The van der Waals surface area contributed by atoms with Crippen LogP contribution in [0.5, 0.6) is 5.75 Å². The van der Waals surface area contributed by atoms with E-state index >= 15 is 0 Å². The molecule has 4 rings (SSSR count). The number of rotatable bonds is 4. The molecular weight excluding hydrogens is 390 g/mol. The van der Waals surface area contributed by atoms with Crippen molar-refractivity contribution in [3.05, 3.63) is 77.1 Å². The van der Waals surface area contributed by atoms with Gasteiger partial charge in [0.05, 0.1) is 24.1 Å². The van der Waals surface area contributed by atoms with Gasteiger partial charge in [-0.05, 0) is 42.0 Å². The molecule has 156 valence electrons. The summed E-state index contributed by atoms with van der Waals surface area (Å²) in [7, 11) is 5.51. The standard InChI is InChI=1S/C25H23N3O3/c1-28(2)18-10-7-16(8-11-18)22(29)12-9-17-5-4-6-20-24(17)19(25(30)27-20)15-21-23(31-3)13-14-26-21/h4-8,10-11,13-15,22,26,29H,1-3H3,(H,27,30)/b19-15-. The smallest absolute Gasteiger partial charge is 0.256 e. The fourth-order valence-electron chi connectivity index (χ4n) is 3.48. The maximum absolute atomic E-state index is 12.6. The summed E-state index contributed by atoms with van der Waals surface area (Å²) in [5.41, 5.74) is 5.02. The molecule has 1 amide bonds. The molecule has 3 aromatic rings. The van der Waals surface area contributed by atoms with Gasteiger partial charge in [0.15, 0.2) is 0 Å². The highest BCUT2D eigenvalue weighted by Gasteiger charge is 2.27. The number of methoxy groups -OCH3 is 1. The van der Waals surface area contributed by atoms with Crippen molar-refractivity contribution >= 4 is 28.9 Å². The van der Waals surface area contributed by atoms with Gasteiger partial charge in [0.1, 0.15) is 11.9 Å². The molecule has 2 heterocycles. The van der Waals surface area contributed by atoms with Gasteiger partial charge < -0.3 is 25.0 Å². The number of aliphatic hydroxyl groups excluding tert-OH is 1. The number of ether oxygens (including phenoxy) is 1. The second kappa shape index (κ2) is 8.42. The lowest BCUT2D eigenvalue weighted by molar-refractivity contribution is -0.110. The Morgan fingerprint density at radius 1 is 1.13 bits per heavy atom. The van der Waals surface area contributed by atoms with Gasteiger partial charge in [0, 0.05) is 37.1 Å². The average Bonchev–Trinajstić information content (AvgIpc) is 3.36. The number of nitrogens with zero attached hydrogens (tertiary/aromatic N) is 1. The Balaban J connectivity index is 1.68. The van der Waals surface area contributed by atoms with Crippen molar-refractivity contribution in [3.8, 4) is 17.6 Å². The molecule has 0 spiro atoms. The van der Waals surface area contributed by atoms with Crippen molar-refractivity contribution in [1.82, 2.24) is 4.98 Å². The zero-order valence-electron chi connectivity index (χ0n) is 17.6. The van der Waals surface area contributed by atoms with Crippen LogP contribution in [0, 0.1) is 11.8 Å². The Bertz CT molecular complexity index is 1210. The molecular formula is C25H23N3O3. The first kappa shape index (κ1) is 20.3. The molecule has 0 saturated heterocycles. The van der Waals surface area contributed by atoms with Crippen LogP contribution >= 0.6 is 0 Å². The highest BCUT2D eigenvalue weighted by molar-refractivity contribution is 6.35. The summed E-state index contributed by atoms with van der Waals surface area (Å²) in [6.45, 7) is 0. The van der Waals surface area contributed by atoms with Gasteiger partial charge in [-0.25, -0.2) is 0 Å². The molecule has 31 heavy (non-hydrogen) atoms. The first-order valence-corrected chi connectivity index (χ1v) is 9.82. The van der Waals surface area contributed by atoms with Crippen molar-refractivity contribution in [2.24, 2.45) is 0 Å². The van der Waals surface area contributed by atoms with Crippen LogP contribution in [-0.2, 0) is 4.79 Å².